The fraction of sp³-hybridized carbons (Fsp3) is 1.00. The van der Waals surface area contributed by atoms with Gasteiger partial charge in [0.05, 0.1) is 0 Å². The van der Waals surface area contributed by atoms with Crippen LogP contribution in [0.4, 0.5) is 0 Å². The quantitative estimate of drug-likeness (QED) is 0.218. The van der Waals surface area contributed by atoms with Crippen LogP contribution in [0.1, 0.15) is 52.4 Å². The lowest BCUT2D eigenvalue weighted by Crippen LogP contribution is -2.42. The summed E-state index contributed by atoms with van der Waals surface area (Å²) in [5.74, 6) is 1.92. The normalized spacial score (nSPS) is 45.2. The zero-order valence-electron chi connectivity index (χ0n) is 11.7. The van der Waals surface area contributed by atoms with Crippen LogP contribution in [0.15, 0.2) is 0 Å². The van der Waals surface area contributed by atoms with E-state index in [2.05, 4.69) is 104 Å². The van der Waals surface area contributed by atoms with Gasteiger partial charge in [0.2, 0.25) is 0 Å². The van der Waals surface area contributed by atoms with E-state index >= 15 is 0 Å². The molecule has 0 aromatic heterocycles. The predicted octanol–water partition coefficient (Wildman–Crippen LogP) is 6.83. The Hall–Kier alpha value is 2.92. The summed E-state index contributed by atoms with van der Waals surface area (Å²) in [5.41, 5.74) is 0.556. The van der Waals surface area contributed by atoms with Gasteiger partial charge in [-0.05, 0) is 55.8 Å². The largest absolute Gasteiger partial charge is 0.0815 e. The first-order valence-corrected chi connectivity index (χ1v) is 12.4. The molecule has 19 heavy (non-hydrogen) atoms. The Morgan fingerprint density at radius 3 is 1.32 bits per heavy atom. The van der Waals surface area contributed by atoms with Gasteiger partial charge in [-0.1, -0.05) is 104 Å². The number of halogens is 4. The first kappa shape index (κ1) is 18.3. The monoisotopic (exact) mass is 712 g/mol. The average molecular weight is 712 g/mol. The van der Waals surface area contributed by atoms with E-state index in [1.165, 1.54) is 38.5 Å². The standard InChI is InChI=1S/C15H24I4/c1-15(2,9-3-5-11(16)13(18)7-9)10-4-6-12(17)14(19)8-10/h9-14H,3-8H2,1-2H3. The molecule has 4 heteroatoms. The van der Waals surface area contributed by atoms with Crippen LogP contribution in [0.3, 0.4) is 0 Å². The fourth-order valence-corrected chi connectivity index (χ4v) is 7.10. The van der Waals surface area contributed by atoms with E-state index in [0.717, 1.165) is 27.5 Å². The van der Waals surface area contributed by atoms with Crippen LogP contribution in [0.25, 0.3) is 0 Å². The third kappa shape index (κ3) is 4.47. The summed E-state index contributed by atoms with van der Waals surface area (Å²) in [6.07, 6.45) is 8.73. The molecule has 2 rings (SSSR count). The van der Waals surface area contributed by atoms with Gasteiger partial charge in [-0.2, -0.15) is 0 Å². The molecule has 0 aromatic rings. The molecule has 0 aliphatic heterocycles. The van der Waals surface area contributed by atoms with E-state index in [1.54, 1.807) is 0 Å². The molecule has 0 amide bonds. The number of alkyl halides is 4. The lowest BCUT2D eigenvalue weighted by atomic mass is 9.61. The Balaban J connectivity index is 2.01. The summed E-state index contributed by atoms with van der Waals surface area (Å²) in [6, 6.07) is 0. The molecular formula is C15H24I4. The van der Waals surface area contributed by atoms with Crippen molar-refractivity contribution in [2.24, 2.45) is 17.3 Å². The highest BCUT2D eigenvalue weighted by Gasteiger charge is 2.43. The van der Waals surface area contributed by atoms with Crippen molar-refractivity contribution in [2.75, 3.05) is 0 Å². The van der Waals surface area contributed by atoms with Crippen molar-refractivity contribution < 1.29 is 0 Å². The van der Waals surface area contributed by atoms with Crippen LogP contribution < -0.4 is 0 Å². The maximum atomic E-state index is 2.71. The molecule has 0 aromatic carbocycles. The molecule has 0 bridgehead atoms. The minimum atomic E-state index is 0.556. The second-order valence-electron chi connectivity index (χ2n) is 6.91. The number of rotatable bonds is 2. The van der Waals surface area contributed by atoms with Crippen LogP contribution in [0.5, 0.6) is 0 Å². The zero-order valence-corrected chi connectivity index (χ0v) is 20.3. The van der Waals surface area contributed by atoms with Gasteiger partial charge in [-0.25, -0.2) is 0 Å². The second-order valence-corrected chi connectivity index (χ2v) is 13.3. The Bertz CT molecular complexity index is 277. The third-order valence-electron chi connectivity index (χ3n) is 5.49. The molecule has 0 heterocycles. The number of hydrogen-bond donors (Lipinski definition) is 0. The van der Waals surface area contributed by atoms with E-state index < -0.39 is 0 Å². The van der Waals surface area contributed by atoms with Gasteiger partial charge in [0.1, 0.15) is 0 Å². The summed E-state index contributed by atoms with van der Waals surface area (Å²) >= 11 is 10.8. The summed E-state index contributed by atoms with van der Waals surface area (Å²) in [4.78, 5) is 0. The minimum absolute atomic E-state index is 0.556. The fourth-order valence-electron chi connectivity index (χ4n) is 3.84. The van der Waals surface area contributed by atoms with Crippen molar-refractivity contribution in [3.05, 3.63) is 0 Å². The molecule has 0 nitrogen and oxygen atoms in total. The molecule has 0 spiro atoms. The Morgan fingerprint density at radius 2 is 1.00 bits per heavy atom. The molecule has 2 aliphatic rings. The Kier molecular flexibility index (Phi) is 7.36. The highest BCUT2D eigenvalue weighted by Crippen LogP contribution is 2.51. The van der Waals surface area contributed by atoms with Crippen molar-refractivity contribution in [3.8, 4) is 0 Å². The van der Waals surface area contributed by atoms with Gasteiger partial charge in [0.25, 0.3) is 0 Å². The first-order chi connectivity index (χ1) is 8.82. The second kappa shape index (κ2) is 7.66. The van der Waals surface area contributed by atoms with E-state index in [1.807, 2.05) is 0 Å². The molecular weight excluding hydrogens is 688 g/mol. The van der Waals surface area contributed by atoms with Gasteiger partial charge in [0, 0.05) is 15.7 Å². The van der Waals surface area contributed by atoms with E-state index in [4.69, 9.17) is 0 Å². The molecule has 112 valence electrons. The van der Waals surface area contributed by atoms with E-state index in [-0.39, 0.29) is 0 Å². The lowest BCUT2D eigenvalue weighted by molar-refractivity contribution is 0.0674. The van der Waals surface area contributed by atoms with Crippen LogP contribution in [-0.2, 0) is 0 Å². The van der Waals surface area contributed by atoms with Crippen molar-refractivity contribution in [3.63, 3.8) is 0 Å². The van der Waals surface area contributed by atoms with Crippen molar-refractivity contribution >= 4 is 90.4 Å². The Labute approximate surface area is 173 Å². The summed E-state index contributed by atoms with van der Waals surface area (Å²) in [5, 5.41) is 0. The Morgan fingerprint density at radius 1 is 0.632 bits per heavy atom. The van der Waals surface area contributed by atoms with Crippen LogP contribution in [-0.4, -0.2) is 15.7 Å². The van der Waals surface area contributed by atoms with E-state index in [0.29, 0.717) is 5.41 Å². The first-order valence-electron chi connectivity index (χ1n) is 7.38. The van der Waals surface area contributed by atoms with Crippen LogP contribution in [0, 0.1) is 17.3 Å². The zero-order chi connectivity index (χ0) is 14.2. The van der Waals surface area contributed by atoms with Crippen molar-refractivity contribution in [1.29, 1.82) is 0 Å². The van der Waals surface area contributed by atoms with Crippen LogP contribution >= 0.6 is 90.4 Å². The van der Waals surface area contributed by atoms with Gasteiger partial charge in [-0.15, -0.1) is 0 Å². The summed E-state index contributed by atoms with van der Waals surface area (Å²) in [6.45, 7) is 5.16. The van der Waals surface area contributed by atoms with Crippen LogP contribution in [0.2, 0.25) is 0 Å². The predicted molar refractivity (Wildman–Crippen MR) is 120 cm³/mol. The number of hydrogen-bond acceptors (Lipinski definition) is 0. The average Bonchev–Trinajstić information content (AvgIpc) is 2.35. The van der Waals surface area contributed by atoms with Crippen molar-refractivity contribution in [2.45, 2.75) is 68.1 Å². The highest BCUT2D eigenvalue weighted by molar-refractivity contribution is 14.1. The molecule has 2 aliphatic carbocycles. The van der Waals surface area contributed by atoms with Gasteiger partial charge < -0.3 is 0 Å². The SMILES string of the molecule is CC(C)(C1CCC(I)C(I)C1)C1CCC(I)C(I)C1. The third-order valence-corrected chi connectivity index (χ3v) is 14.0. The molecule has 6 atom stereocenters. The highest BCUT2D eigenvalue weighted by atomic mass is 127. The molecule has 0 N–H and O–H groups in total. The van der Waals surface area contributed by atoms with Crippen molar-refractivity contribution in [1.82, 2.24) is 0 Å². The molecule has 2 saturated carbocycles. The van der Waals surface area contributed by atoms with E-state index in [9.17, 15) is 0 Å². The molecule has 6 unspecified atom stereocenters. The summed E-state index contributed by atoms with van der Waals surface area (Å²) < 4.78 is 3.61. The summed E-state index contributed by atoms with van der Waals surface area (Å²) in [7, 11) is 0. The maximum Gasteiger partial charge on any atom is 0.0230 e. The minimum Gasteiger partial charge on any atom is -0.0815 e. The molecule has 0 saturated heterocycles. The van der Waals surface area contributed by atoms with Gasteiger partial charge >= 0.3 is 0 Å². The van der Waals surface area contributed by atoms with Gasteiger partial charge in [0.15, 0.2) is 0 Å². The maximum absolute atomic E-state index is 2.71. The molecule has 0 radical (unpaired) electrons. The molecule has 2 fully saturated rings. The van der Waals surface area contributed by atoms with Gasteiger partial charge in [-0.3, -0.25) is 0 Å². The smallest absolute Gasteiger partial charge is 0.0230 e. The lowest BCUT2D eigenvalue weighted by Gasteiger charge is -2.48. The topological polar surface area (TPSA) is 0 Å².